The first-order chi connectivity index (χ1) is 12.8. The van der Waals surface area contributed by atoms with Crippen molar-refractivity contribution < 1.29 is 23.8 Å². The molecule has 1 unspecified atom stereocenters. The number of furan rings is 1. The van der Waals surface area contributed by atoms with Crippen LogP contribution in [0.5, 0.6) is 0 Å². The highest BCUT2D eigenvalue weighted by atomic mass is 16.5. The predicted octanol–water partition coefficient (Wildman–Crippen LogP) is 1.11. The summed E-state index contributed by atoms with van der Waals surface area (Å²) in [6.45, 7) is 6.54. The molecule has 27 heavy (non-hydrogen) atoms. The first kappa shape index (κ1) is 19.5. The van der Waals surface area contributed by atoms with Crippen molar-refractivity contribution in [2.45, 2.75) is 32.3 Å². The molecule has 0 aliphatic carbocycles. The zero-order valence-electron chi connectivity index (χ0n) is 15.9. The second-order valence-electron chi connectivity index (χ2n) is 7.50. The minimum atomic E-state index is -1.13. The molecule has 1 N–H and O–H groups in total. The molecule has 7 nitrogen and oxygen atoms in total. The van der Waals surface area contributed by atoms with Gasteiger partial charge in [0.2, 0.25) is 5.91 Å². The third kappa shape index (κ3) is 5.12. The summed E-state index contributed by atoms with van der Waals surface area (Å²) in [4.78, 5) is 29.0. The van der Waals surface area contributed by atoms with Gasteiger partial charge in [-0.3, -0.25) is 9.59 Å². The first-order valence-corrected chi connectivity index (χ1v) is 9.35. The number of hydrogen-bond acceptors (Lipinski definition) is 5. The summed E-state index contributed by atoms with van der Waals surface area (Å²) in [7, 11) is 0. The Morgan fingerprint density at radius 3 is 2.63 bits per heavy atom. The van der Waals surface area contributed by atoms with Crippen LogP contribution in [0.25, 0.3) is 0 Å². The van der Waals surface area contributed by atoms with Crippen LogP contribution in [0.4, 0.5) is 0 Å². The molecule has 2 amide bonds. The van der Waals surface area contributed by atoms with E-state index in [-0.39, 0.29) is 23.5 Å². The summed E-state index contributed by atoms with van der Waals surface area (Å²) in [5.41, 5.74) is -1.13. The number of morpholine rings is 1. The molecule has 2 fully saturated rings. The standard InChI is InChI=1S/C20H26N2O5/c1-20(2,25)8-7-16-5-6-17(27-16)19(24)22-9-3-4-15(14-22)18(23)21-10-12-26-13-11-21/h5-6,15,25H,3-4,9-14H2,1-2H3. The summed E-state index contributed by atoms with van der Waals surface area (Å²) in [5, 5.41) is 9.65. The lowest BCUT2D eigenvalue weighted by Gasteiger charge is -2.35. The maximum absolute atomic E-state index is 12.7. The van der Waals surface area contributed by atoms with E-state index in [1.807, 2.05) is 4.90 Å². The van der Waals surface area contributed by atoms with Gasteiger partial charge >= 0.3 is 0 Å². The molecule has 0 radical (unpaired) electrons. The Bertz CT molecular complexity index is 746. The molecule has 2 saturated heterocycles. The number of amides is 2. The van der Waals surface area contributed by atoms with Crippen molar-refractivity contribution in [3.8, 4) is 11.8 Å². The number of carbonyl (C=O) groups excluding carboxylic acids is 2. The number of aliphatic hydroxyl groups is 1. The maximum Gasteiger partial charge on any atom is 0.289 e. The lowest BCUT2D eigenvalue weighted by atomic mass is 9.96. The SMILES string of the molecule is CC(C)(O)C#Cc1ccc(C(=O)N2CCCC(C(=O)N3CCOCC3)C2)o1. The fraction of sp³-hybridized carbons (Fsp3) is 0.600. The van der Waals surface area contributed by atoms with Gasteiger partial charge in [-0.15, -0.1) is 0 Å². The topological polar surface area (TPSA) is 83.2 Å². The van der Waals surface area contributed by atoms with Crippen molar-refractivity contribution in [2.24, 2.45) is 5.92 Å². The molecule has 1 atom stereocenters. The van der Waals surface area contributed by atoms with Gasteiger partial charge < -0.3 is 24.1 Å². The van der Waals surface area contributed by atoms with Gasteiger partial charge in [-0.1, -0.05) is 5.92 Å². The van der Waals surface area contributed by atoms with E-state index in [1.54, 1.807) is 30.9 Å². The van der Waals surface area contributed by atoms with E-state index in [0.717, 1.165) is 12.8 Å². The van der Waals surface area contributed by atoms with Crippen molar-refractivity contribution >= 4 is 11.8 Å². The van der Waals surface area contributed by atoms with Gasteiger partial charge in [0.1, 0.15) is 5.60 Å². The van der Waals surface area contributed by atoms with Crippen molar-refractivity contribution in [1.82, 2.24) is 9.80 Å². The molecule has 7 heteroatoms. The predicted molar refractivity (Wildman–Crippen MR) is 97.9 cm³/mol. The van der Waals surface area contributed by atoms with Crippen LogP contribution < -0.4 is 0 Å². The number of piperidine rings is 1. The molecule has 146 valence electrons. The summed E-state index contributed by atoms with van der Waals surface area (Å²) in [6, 6.07) is 3.20. The highest BCUT2D eigenvalue weighted by Gasteiger charge is 2.32. The number of ether oxygens (including phenoxy) is 1. The third-order valence-electron chi connectivity index (χ3n) is 4.69. The van der Waals surface area contributed by atoms with Crippen LogP contribution in [0.3, 0.4) is 0 Å². The second kappa shape index (κ2) is 8.15. The summed E-state index contributed by atoms with van der Waals surface area (Å²) in [6.07, 6.45) is 1.58. The molecular weight excluding hydrogens is 348 g/mol. The van der Waals surface area contributed by atoms with Crippen LogP contribution in [0.1, 0.15) is 43.0 Å². The third-order valence-corrected chi connectivity index (χ3v) is 4.69. The Morgan fingerprint density at radius 1 is 1.19 bits per heavy atom. The molecule has 0 bridgehead atoms. The Labute approximate surface area is 159 Å². The normalized spacial score (nSPS) is 20.8. The average molecular weight is 374 g/mol. The largest absolute Gasteiger partial charge is 0.443 e. The fourth-order valence-corrected chi connectivity index (χ4v) is 3.30. The average Bonchev–Trinajstić information content (AvgIpc) is 3.14. The van der Waals surface area contributed by atoms with E-state index in [1.165, 1.54) is 0 Å². The molecule has 1 aromatic rings. The molecule has 2 aliphatic heterocycles. The van der Waals surface area contributed by atoms with Crippen molar-refractivity contribution in [3.05, 3.63) is 23.7 Å². The lowest BCUT2D eigenvalue weighted by molar-refractivity contribution is -0.141. The molecule has 1 aromatic heterocycles. The maximum atomic E-state index is 12.7. The molecule has 0 saturated carbocycles. The van der Waals surface area contributed by atoms with Gasteiger partial charge in [-0.2, -0.15) is 0 Å². The van der Waals surface area contributed by atoms with E-state index in [2.05, 4.69) is 11.8 Å². The number of hydrogen-bond donors (Lipinski definition) is 1. The number of carbonyl (C=O) groups is 2. The lowest BCUT2D eigenvalue weighted by Crippen LogP contribution is -2.49. The van der Waals surface area contributed by atoms with Crippen molar-refractivity contribution in [3.63, 3.8) is 0 Å². The van der Waals surface area contributed by atoms with Crippen LogP contribution in [0, 0.1) is 17.8 Å². The van der Waals surface area contributed by atoms with Gasteiger partial charge in [0.05, 0.1) is 19.1 Å². The Morgan fingerprint density at radius 2 is 1.93 bits per heavy atom. The van der Waals surface area contributed by atoms with Crippen LogP contribution in [-0.4, -0.2) is 71.7 Å². The van der Waals surface area contributed by atoms with Crippen molar-refractivity contribution in [1.29, 1.82) is 0 Å². The van der Waals surface area contributed by atoms with Gasteiger partial charge in [0.25, 0.3) is 5.91 Å². The van der Waals surface area contributed by atoms with Crippen LogP contribution in [-0.2, 0) is 9.53 Å². The highest BCUT2D eigenvalue weighted by molar-refractivity contribution is 5.92. The highest BCUT2D eigenvalue weighted by Crippen LogP contribution is 2.22. The number of likely N-dealkylation sites (tertiary alicyclic amines) is 1. The summed E-state index contributed by atoms with van der Waals surface area (Å²) >= 11 is 0. The van der Waals surface area contributed by atoms with E-state index in [9.17, 15) is 14.7 Å². The van der Waals surface area contributed by atoms with Gasteiger partial charge in [-0.05, 0) is 44.7 Å². The van der Waals surface area contributed by atoms with Crippen LogP contribution >= 0.6 is 0 Å². The van der Waals surface area contributed by atoms with Crippen molar-refractivity contribution in [2.75, 3.05) is 39.4 Å². The van der Waals surface area contributed by atoms with Crippen LogP contribution in [0.2, 0.25) is 0 Å². The van der Waals surface area contributed by atoms with Gasteiger partial charge in [-0.25, -0.2) is 0 Å². The van der Waals surface area contributed by atoms with E-state index >= 15 is 0 Å². The van der Waals surface area contributed by atoms with Gasteiger partial charge in [0, 0.05) is 26.2 Å². The monoisotopic (exact) mass is 374 g/mol. The minimum absolute atomic E-state index is 0.104. The molecular formula is C20H26N2O5. The van der Waals surface area contributed by atoms with Gasteiger partial charge in [0.15, 0.2) is 11.5 Å². The first-order valence-electron chi connectivity index (χ1n) is 9.35. The molecule has 0 spiro atoms. The number of rotatable bonds is 2. The number of nitrogens with zero attached hydrogens (tertiary/aromatic N) is 2. The fourth-order valence-electron chi connectivity index (χ4n) is 3.30. The molecule has 3 heterocycles. The smallest absolute Gasteiger partial charge is 0.289 e. The van der Waals surface area contributed by atoms with E-state index in [0.29, 0.717) is 45.2 Å². The quantitative estimate of drug-likeness (QED) is 0.784. The zero-order valence-corrected chi connectivity index (χ0v) is 15.9. The zero-order chi connectivity index (χ0) is 19.4. The Kier molecular flexibility index (Phi) is 5.88. The Hall–Kier alpha value is -2.30. The summed E-state index contributed by atoms with van der Waals surface area (Å²) < 4.78 is 10.8. The second-order valence-corrected chi connectivity index (χ2v) is 7.50. The molecule has 2 aliphatic rings. The van der Waals surface area contributed by atoms with E-state index < -0.39 is 5.60 Å². The summed E-state index contributed by atoms with van der Waals surface area (Å²) in [5.74, 6) is 5.61. The van der Waals surface area contributed by atoms with Crippen LogP contribution in [0.15, 0.2) is 16.5 Å². The Balaban J connectivity index is 1.63. The molecule has 0 aromatic carbocycles. The van der Waals surface area contributed by atoms with E-state index in [4.69, 9.17) is 9.15 Å². The minimum Gasteiger partial charge on any atom is -0.443 e. The molecule has 3 rings (SSSR count).